The minimum atomic E-state index is 0.0546. The van der Waals surface area contributed by atoms with Crippen LogP contribution in [-0.4, -0.2) is 4.98 Å². The number of aryl methyl sites for hydroxylation is 3. The van der Waals surface area contributed by atoms with Gasteiger partial charge in [-0.05, 0) is 61.6 Å². The molecule has 118 valence electrons. The van der Waals surface area contributed by atoms with Gasteiger partial charge in [0.2, 0.25) is 0 Å². The molecule has 1 heteroatoms. The van der Waals surface area contributed by atoms with E-state index in [2.05, 4.69) is 84.0 Å². The zero-order valence-electron chi connectivity index (χ0n) is 15.0. The van der Waals surface area contributed by atoms with Gasteiger partial charge in [0.15, 0.2) is 0 Å². The van der Waals surface area contributed by atoms with E-state index in [0.717, 1.165) is 11.2 Å². The Morgan fingerprint density at radius 3 is 2.00 bits per heavy atom. The Morgan fingerprint density at radius 2 is 1.39 bits per heavy atom. The summed E-state index contributed by atoms with van der Waals surface area (Å²) in [5.41, 5.74) is 8.58. The van der Waals surface area contributed by atoms with Gasteiger partial charge in [-0.3, -0.25) is 0 Å². The van der Waals surface area contributed by atoms with Crippen LogP contribution >= 0.6 is 0 Å². The molecule has 0 amide bonds. The van der Waals surface area contributed by atoms with Crippen LogP contribution in [-0.2, 0) is 5.41 Å². The zero-order chi connectivity index (χ0) is 16.8. The first-order chi connectivity index (χ1) is 10.7. The minimum Gasteiger partial charge on any atom is -0.247 e. The third-order valence-electron chi connectivity index (χ3n) is 4.28. The van der Waals surface area contributed by atoms with Crippen molar-refractivity contribution in [3.05, 3.63) is 64.7 Å². The van der Waals surface area contributed by atoms with Crippen LogP contribution in [0.4, 0.5) is 0 Å². The van der Waals surface area contributed by atoms with Gasteiger partial charge < -0.3 is 0 Å². The quantitative estimate of drug-likeness (QED) is 0.527. The van der Waals surface area contributed by atoms with Crippen molar-refractivity contribution in [2.75, 3.05) is 0 Å². The van der Waals surface area contributed by atoms with Crippen molar-refractivity contribution >= 4 is 10.9 Å². The average molecular weight is 303 g/mol. The Morgan fingerprint density at radius 1 is 0.739 bits per heavy atom. The molecule has 0 atom stereocenters. The molecule has 0 aliphatic rings. The molecule has 0 N–H and O–H groups in total. The van der Waals surface area contributed by atoms with Crippen LogP contribution < -0.4 is 0 Å². The average Bonchev–Trinajstić information content (AvgIpc) is 2.43. The summed E-state index contributed by atoms with van der Waals surface area (Å²) in [7, 11) is 0. The highest BCUT2D eigenvalue weighted by Gasteiger charge is 2.21. The lowest BCUT2D eigenvalue weighted by Crippen LogP contribution is -2.14. The summed E-state index contributed by atoms with van der Waals surface area (Å²) >= 11 is 0. The summed E-state index contributed by atoms with van der Waals surface area (Å²) < 4.78 is 0. The third kappa shape index (κ3) is 3.14. The molecular formula is C22H25N. The molecule has 1 aromatic heterocycles. The van der Waals surface area contributed by atoms with Crippen molar-refractivity contribution < 1.29 is 0 Å². The lowest BCUT2D eigenvalue weighted by Gasteiger charge is -2.23. The van der Waals surface area contributed by atoms with Crippen LogP contribution in [0.15, 0.2) is 42.5 Å². The molecule has 2 aromatic carbocycles. The van der Waals surface area contributed by atoms with Gasteiger partial charge in [-0.25, -0.2) is 4.98 Å². The fourth-order valence-corrected chi connectivity index (χ4v) is 3.18. The predicted molar refractivity (Wildman–Crippen MR) is 100 cm³/mol. The summed E-state index contributed by atoms with van der Waals surface area (Å²) in [6.07, 6.45) is 0. The lowest BCUT2D eigenvalue weighted by atomic mass is 9.83. The SMILES string of the molecule is Cc1cc(C)cc(-c2nc3cc(C)ccc3cc2C(C)(C)C)c1. The molecule has 0 aliphatic heterocycles. The highest BCUT2D eigenvalue weighted by Crippen LogP contribution is 2.35. The molecule has 23 heavy (non-hydrogen) atoms. The van der Waals surface area contributed by atoms with Gasteiger partial charge in [0, 0.05) is 10.9 Å². The zero-order valence-corrected chi connectivity index (χ0v) is 15.0. The number of nitrogens with zero attached hydrogens (tertiary/aromatic N) is 1. The van der Waals surface area contributed by atoms with Gasteiger partial charge in [-0.1, -0.05) is 50.1 Å². The van der Waals surface area contributed by atoms with E-state index in [1.54, 1.807) is 0 Å². The topological polar surface area (TPSA) is 12.9 Å². The highest BCUT2D eigenvalue weighted by molar-refractivity contribution is 5.84. The van der Waals surface area contributed by atoms with Crippen molar-refractivity contribution in [1.29, 1.82) is 0 Å². The maximum absolute atomic E-state index is 5.05. The Kier molecular flexibility index (Phi) is 3.75. The number of fused-ring (bicyclic) bond motifs is 1. The van der Waals surface area contributed by atoms with E-state index in [4.69, 9.17) is 4.98 Å². The van der Waals surface area contributed by atoms with E-state index in [-0.39, 0.29) is 5.41 Å². The molecule has 0 spiro atoms. The van der Waals surface area contributed by atoms with Crippen LogP contribution in [0, 0.1) is 20.8 Å². The van der Waals surface area contributed by atoms with Crippen molar-refractivity contribution in [1.82, 2.24) is 4.98 Å². The third-order valence-corrected chi connectivity index (χ3v) is 4.28. The highest BCUT2D eigenvalue weighted by atomic mass is 14.7. The molecule has 0 saturated carbocycles. The molecule has 0 fully saturated rings. The summed E-state index contributed by atoms with van der Waals surface area (Å²) in [4.78, 5) is 5.05. The van der Waals surface area contributed by atoms with Crippen molar-refractivity contribution in [3.63, 3.8) is 0 Å². The van der Waals surface area contributed by atoms with Crippen molar-refractivity contribution in [3.8, 4) is 11.3 Å². The molecule has 3 aromatic rings. The van der Waals surface area contributed by atoms with Gasteiger partial charge in [0.05, 0.1) is 11.2 Å². The standard InChI is InChI=1S/C22H25N/c1-14-7-8-17-13-19(22(4,5)6)21(23-20(17)12-14)18-10-15(2)9-16(3)11-18/h7-13H,1-6H3. The van der Waals surface area contributed by atoms with Gasteiger partial charge in [-0.2, -0.15) is 0 Å². The van der Waals surface area contributed by atoms with E-state index in [1.165, 1.54) is 33.2 Å². The normalized spacial score (nSPS) is 11.9. The van der Waals surface area contributed by atoms with Crippen LogP contribution in [0.3, 0.4) is 0 Å². The fraction of sp³-hybridized carbons (Fsp3) is 0.318. The number of pyridine rings is 1. The Bertz CT molecular complexity index is 862. The number of aromatic nitrogens is 1. The molecule has 0 bridgehead atoms. The van der Waals surface area contributed by atoms with Crippen LogP contribution in [0.2, 0.25) is 0 Å². The van der Waals surface area contributed by atoms with E-state index in [9.17, 15) is 0 Å². The first-order valence-corrected chi connectivity index (χ1v) is 8.24. The Balaban J connectivity index is 2.36. The van der Waals surface area contributed by atoms with E-state index >= 15 is 0 Å². The summed E-state index contributed by atoms with van der Waals surface area (Å²) in [5.74, 6) is 0. The van der Waals surface area contributed by atoms with E-state index in [1.807, 2.05) is 0 Å². The van der Waals surface area contributed by atoms with Gasteiger partial charge in [0.25, 0.3) is 0 Å². The molecule has 0 saturated heterocycles. The number of benzene rings is 2. The van der Waals surface area contributed by atoms with Crippen LogP contribution in [0.5, 0.6) is 0 Å². The molecule has 0 aliphatic carbocycles. The Hall–Kier alpha value is -2.15. The van der Waals surface area contributed by atoms with Crippen molar-refractivity contribution in [2.24, 2.45) is 0 Å². The van der Waals surface area contributed by atoms with E-state index < -0.39 is 0 Å². The summed E-state index contributed by atoms with van der Waals surface area (Å²) in [6, 6.07) is 15.5. The second-order valence-electron chi connectivity index (χ2n) is 7.71. The molecular weight excluding hydrogens is 278 g/mol. The molecule has 0 radical (unpaired) electrons. The predicted octanol–water partition coefficient (Wildman–Crippen LogP) is 6.12. The minimum absolute atomic E-state index is 0.0546. The van der Waals surface area contributed by atoms with Crippen LogP contribution in [0.25, 0.3) is 22.2 Å². The molecule has 3 rings (SSSR count). The smallest absolute Gasteiger partial charge is 0.0747 e. The molecule has 0 unspecified atom stereocenters. The van der Waals surface area contributed by atoms with Crippen molar-refractivity contribution in [2.45, 2.75) is 47.0 Å². The largest absolute Gasteiger partial charge is 0.247 e. The second-order valence-corrected chi connectivity index (χ2v) is 7.71. The molecule has 1 nitrogen and oxygen atoms in total. The van der Waals surface area contributed by atoms with Gasteiger partial charge in [-0.15, -0.1) is 0 Å². The maximum Gasteiger partial charge on any atom is 0.0747 e. The monoisotopic (exact) mass is 303 g/mol. The first kappa shape index (κ1) is 15.7. The first-order valence-electron chi connectivity index (χ1n) is 8.24. The number of rotatable bonds is 1. The number of hydrogen-bond donors (Lipinski definition) is 0. The number of hydrogen-bond acceptors (Lipinski definition) is 1. The Labute approximate surface area is 139 Å². The van der Waals surface area contributed by atoms with Gasteiger partial charge in [0.1, 0.15) is 0 Å². The fourth-order valence-electron chi connectivity index (χ4n) is 3.18. The van der Waals surface area contributed by atoms with Gasteiger partial charge >= 0.3 is 0 Å². The lowest BCUT2D eigenvalue weighted by molar-refractivity contribution is 0.591. The maximum atomic E-state index is 5.05. The van der Waals surface area contributed by atoms with E-state index in [0.29, 0.717) is 0 Å². The molecule has 1 heterocycles. The summed E-state index contributed by atoms with van der Waals surface area (Å²) in [5, 5.41) is 1.22. The summed E-state index contributed by atoms with van der Waals surface area (Å²) in [6.45, 7) is 13.2. The van der Waals surface area contributed by atoms with Crippen LogP contribution in [0.1, 0.15) is 43.0 Å². The second kappa shape index (κ2) is 5.49.